The second kappa shape index (κ2) is 4.93. The van der Waals surface area contributed by atoms with Gasteiger partial charge in [0.15, 0.2) is 0 Å². The quantitative estimate of drug-likeness (QED) is 0.606. The van der Waals surface area contributed by atoms with Crippen molar-refractivity contribution < 1.29 is 0 Å². The van der Waals surface area contributed by atoms with Crippen LogP contribution in [0.25, 0.3) is 0 Å². The first-order valence-corrected chi connectivity index (χ1v) is 6.09. The SMILES string of the molecule is Cc1ccc(C(NN)C2CCC(C)C2)cn1. The molecule has 2 rings (SSSR count). The minimum absolute atomic E-state index is 0.262. The molecular formula is C13H21N3. The Morgan fingerprint density at radius 2 is 2.25 bits per heavy atom. The fourth-order valence-electron chi connectivity index (χ4n) is 2.72. The number of nitrogens with one attached hydrogen (secondary N) is 1. The van der Waals surface area contributed by atoms with Crippen LogP contribution in [0.2, 0.25) is 0 Å². The molecule has 3 nitrogen and oxygen atoms in total. The fraction of sp³-hybridized carbons (Fsp3) is 0.615. The van der Waals surface area contributed by atoms with Crippen molar-refractivity contribution in [2.75, 3.05) is 0 Å². The Balaban J connectivity index is 2.13. The summed E-state index contributed by atoms with van der Waals surface area (Å²) in [6.07, 6.45) is 5.80. The van der Waals surface area contributed by atoms with Gasteiger partial charge in [0, 0.05) is 11.9 Å². The molecule has 3 N–H and O–H groups in total. The minimum atomic E-state index is 0.262. The maximum atomic E-state index is 5.69. The van der Waals surface area contributed by atoms with Gasteiger partial charge in [-0.15, -0.1) is 0 Å². The highest BCUT2D eigenvalue weighted by Gasteiger charge is 2.29. The summed E-state index contributed by atoms with van der Waals surface area (Å²) in [7, 11) is 0. The molecular weight excluding hydrogens is 198 g/mol. The summed E-state index contributed by atoms with van der Waals surface area (Å²) in [5.41, 5.74) is 5.23. The zero-order valence-corrected chi connectivity index (χ0v) is 10.1. The summed E-state index contributed by atoms with van der Waals surface area (Å²) in [5.74, 6) is 7.18. The summed E-state index contributed by atoms with van der Waals surface area (Å²) in [6.45, 7) is 4.33. The average Bonchev–Trinajstić information content (AvgIpc) is 2.69. The van der Waals surface area contributed by atoms with Crippen molar-refractivity contribution >= 4 is 0 Å². The number of hydrogen-bond donors (Lipinski definition) is 2. The normalized spacial score (nSPS) is 26.9. The van der Waals surface area contributed by atoms with Gasteiger partial charge in [-0.3, -0.25) is 16.3 Å². The number of hydrazine groups is 1. The van der Waals surface area contributed by atoms with Gasteiger partial charge in [0.1, 0.15) is 0 Å². The van der Waals surface area contributed by atoms with Crippen LogP contribution >= 0.6 is 0 Å². The van der Waals surface area contributed by atoms with Gasteiger partial charge in [0.2, 0.25) is 0 Å². The van der Waals surface area contributed by atoms with Crippen LogP contribution in [-0.2, 0) is 0 Å². The van der Waals surface area contributed by atoms with E-state index in [0.29, 0.717) is 5.92 Å². The summed E-state index contributed by atoms with van der Waals surface area (Å²) in [6, 6.07) is 4.45. The highest BCUT2D eigenvalue weighted by Crippen LogP contribution is 2.38. The Labute approximate surface area is 97.4 Å². The van der Waals surface area contributed by atoms with Gasteiger partial charge in [0.05, 0.1) is 6.04 Å². The van der Waals surface area contributed by atoms with E-state index in [-0.39, 0.29) is 6.04 Å². The molecule has 1 saturated carbocycles. The Kier molecular flexibility index (Phi) is 3.56. The first-order valence-electron chi connectivity index (χ1n) is 6.09. The third-order valence-corrected chi connectivity index (χ3v) is 3.68. The van der Waals surface area contributed by atoms with Gasteiger partial charge in [-0.1, -0.05) is 19.4 Å². The van der Waals surface area contributed by atoms with E-state index in [9.17, 15) is 0 Å². The topological polar surface area (TPSA) is 50.9 Å². The van der Waals surface area contributed by atoms with Crippen LogP contribution in [0, 0.1) is 18.8 Å². The van der Waals surface area contributed by atoms with Gasteiger partial charge in [-0.25, -0.2) is 0 Å². The number of aryl methyl sites for hydroxylation is 1. The molecule has 0 spiro atoms. The maximum Gasteiger partial charge on any atom is 0.0503 e. The van der Waals surface area contributed by atoms with E-state index in [1.165, 1.54) is 24.8 Å². The maximum absolute atomic E-state index is 5.69. The van der Waals surface area contributed by atoms with Crippen molar-refractivity contribution in [2.24, 2.45) is 17.7 Å². The van der Waals surface area contributed by atoms with Gasteiger partial charge in [-0.2, -0.15) is 0 Å². The molecule has 0 saturated heterocycles. The Morgan fingerprint density at radius 1 is 1.44 bits per heavy atom. The molecule has 88 valence electrons. The molecule has 1 fully saturated rings. The predicted octanol–water partition coefficient (Wildman–Crippen LogP) is 2.33. The minimum Gasteiger partial charge on any atom is -0.271 e. The second-order valence-electron chi connectivity index (χ2n) is 5.06. The molecule has 0 aromatic carbocycles. The van der Waals surface area contributed by atoms with E-state index in [2.05, 4.69) is 29.5 Å². The van der Waals surface area contributed by atoms with E-state index < -0.39 is 0 Å². The third kappa shape index (κ3) is 2.42. The zero-order valence-electron chi connectivity index (χ0n) is 10.1. The number of aromatic nitrogens is 1. The van der Waals surface area contributed by atoms with E-state index >= 15 is 0 Å². The summed E-state index contributed by atoms with van der Waals surface area (Å²) in [4.78, 5) is 4.34. The Hall–Kier alpha value is -0.930. The highest BCUT2D eigenvalue weighted by molar-refractivity contribution is 5.18. The van der Waals surface area contributed by atoms with Crippen LogP contribution in [0.1, 0.15) is 43.5 Å². The van der Waals surface area contributed by atoms with E-state index in [1.54, 1.807) is 0 Å². The molecule has 3 heteroatoms. The van der Waals surface area contributed by atoms with Crippen molar-refractivity contribution in [1.82, 2.24) is 10.4 Å². The number of pyridine rings is 1. The van der Waals surface area contributed by atoms with Crippen molar-refractivity contribution in [3.63, 3.8) is 0 Å². The first-order chi connectivity index (χ1) is 7.70. The molecule has 1 aromatic heterocycles. The third-order valence-electron chi connectivity index (χ3n) is 3.68. The molecule has 0 radical (unpaired) electrons. The van der Waals surface area contributed by atoms with Crippen LogP contribution < -0.4 is 11.3 Å². The molecule has 0 bridgehead atoms. The zero-order chi connectivity index (χ0) is 11.5. The van der Waals surface area contributed by atoms with Crippen molar-refractivity contribution in [1.29, 1.82) is 0 Å². The number of nitrogens with zero attached hydrogens (tertiary/aromatic N) is 1. The summed E-state index contributed by atoms with van der Waals surface area (Å²) in [5, 5.41) is 0. The van der Waals surface area contributed by atoms with Gasteiger partial charge in [0.25, 0.3) is 0 Å². The van der Waals surface area contributed by atoms with Gasteiger partial charge >= 0.3 is 0 Å². The van der Waals surface area contributed by atoms with E-state index in [4.69, 9.17) is 5.84 Å². The fourth-order valence-corrected chi connectivity index (χ4v) is 2.72. The lowest BCUT2D eigenvalue weighted by molar-refractivity contribution is 0.363. The van der Waals surface area contributed by atoms with Crippen LogP contribution in [0.5, 0.6) is 0 Å². The monoisotopic (exact) mass is 219 g/mol. The predicted molar refractivity (Wildman–Crippen MR) is 65.5 cm³/mol. The average molecular weight is 219 g/mol. The molecule has 3 atom stereocenters. The van der Waals surface area contributed by atoms with Crippen LogP contribution in [0.4, 0.5) is 0 Å². The number of rotatable bonds is 3. The molecule has 1 aliphatic rings. The van der Waals surface area contributed by atoms with E-state index in [0.717, 1.165) is 11.6 Å². The Bertz CT molecular complexity index is 334. The van der Waals surface area contributed by atoms with Crippen molar-refractivity contribution in [3.05, 3.63) is 29.6 Å². The Morgan fingerprint density at radius 3 is 2.75 bits per heavy atom. The molecule has 1 heterocycles. The van der Waals surface area contributed by atoms with Crippen LogP contribution in [-0.4, -0.2) is 4.98 Å². The van der Waals surface area contributed by atoms with Crippen LogP contribution in [0.15, 0.2) is 18.3 Å². The largest absolute Gasteiger partial charge is 0.271 e. The molecule has 0 amide bonds. The number of hydrogen-bond acceptors (Lipinski definition) is 3. The summed E-state index contributed by atoms with van der Waals surface area (Å²) < 4.78 is 0. The van der Waals surface area contributed by atoms with Gasteiger partial charge in [-0.05, 0) is 43.2 Å². The van der Waals surface area contributed by atoms with Crippen molar-refractivity contribution in [3.8, 4) is 0 Å². The van der Waals surface area contributed by atoms with Crippen molar-refractivity contribution in [2.45, 2.75) is 39.2 Å². The lowest BCUT2D eigenvalue weighted by Crippen LogP contribution is -2.32. The summed E-state index contributed by atoms with van der Waals surface area (Å²) >= 11 is 0. The number of nitrogens with two attached hydrogens (primary N) is 1. The molecule has 1 aromatic rings. The first kappa shape index (κ1) is 11.6. The molecule has 16 heavy (non-hydrogen) atoms. The lowest BCUT2D eigenvalue weighted by atomic mass is 9.92. The van der Waals surface area contributed by atoms with Crippen LogP contribution in [0.3, 0.4) is 0 Å². The second-order valence-corrected chi connectivity index (χ2v) is 5.06. The smallest absolute Gasteiger partial charge is 0.0503 e. The van der Waals surface area contributed by atoms with Gasteiger partial charge < -0.3 is 0 Å². The highest BCUT2D eigenvalue weighted by atomic mass is 15.2. The standard InChI is InChI=1S/C13H21N3/c1-9-3-5-11(7-9)13(16-14)12-6-4-10(2)15-8-12/h4,6,8-9,11,13,16H,3,5,7,14H2,1-2H3. The molecule has 0 aliphatic heterocycles. The lowest BCUT2D eigenvalue weighted by Gasteiger charge is -2.23. The molecule has 1 aliphatic carbocycles. The van der Waals surface area contributed by atoms with E-state index in [1.807, 2.05) is 13.1 Å². The molecule has 3 unspecified atom stereocenters.